The smallest absolute Gasteiger partial charge is 0.247 e. The van der Waals surface area contributed by atoms with Gasteiger partial charge in [0.1, 0.15) is 17.1 Å². The number of nitrogens with one attached hydrogen (secondary N) is 1. The molecule has 2 aromatic heterocycles. The van der Waals surface area contributed by atoms with E-state index in [2.05, 4.69) is 20.7 Å². The van der Waals surface area contributed by atoms with Crippen molar-refractivity contribution >= 4 is 57.6 Å². The minimum absolute atomic E-state index is 0.00723. The largest absolute Gasteiger partial charge is 0.306 e. The van der Waals surface area contributed by atoms with Gasteiger partial charge in [-0.25, -0.2) is 4.68 Å². The van der Waals surface area contributed by atoms with Crippen LogP contribution >= 0.6 is 34.8 Å². The lowest BCUT2D eigenvalue weighted by molar-refractivity contribution is -0.116. The molecule has 2 heterocycles. The molecule has 4 rings (SSSR count). The van der Waals surface area contributed by atoms with Crippen LogP contribution in [0.4, 0.5) is 5.82 Å². The molecule has 4 aromatic rings. The normalized spacial score (nSPS) is 11.1. The van der Waals surface area contributed by atoms with Crippen molar-refractivity contribution in [2.75, 3.05) is 5.32 Å². The number of halogens is 3. The van der Waals surface area contributed by atoms with E-state index in [-0.39, 0.29) is 18.3 Å². The highest BCUT2D eigenvalue weighted by Gasteiger charge is 2.14. The lowest BCUT2D eigenvalue weighted by Crippen LogP contribution is -2.20. The third-order valence-corrected chi connectivity index (χ3v) is 4.90. The third kappa shape index (κ3) is 3.96. The van der Waals surface area contributed by atoms with Crippen LogP contribution in [0, 0.1) is 0 Å². The molecular weight excluding hydrogens is 423 g/mol. The lowest BCUT2D eigenvalue weighted by Gasteiger charge is -2.05. The summed E-state index contributed by atoms with van der Waals surface area (Å²) in [6.07, 6.45) is 1.62. The summed E-state index contributed by atoms with van der Waals surface area (Å²) in [6, 6.07) is 12.6. The van der Waals surface area contributed by atoms with Crippen LogP contribution in [0.5, 0.6) is 0 Å². The number of aromatic nitrogens is 5. The molecule has 0 aliphatic carbocycles. The summed E-state index contributed by atoms with van der Waals surface area (Å²) in [5.74, 6) is -0.0477. The Bertz CT molecular complexity index is 1170. The Morgan fingerprint density at radius 1 is 1.07 bits per heavy atom. The van der Waals surface area contributed by atoms with E-state index in [0.717, 1.165) is 16.6 Å². The molecule has 0 atom stereocenters. The van der Waals surface area contributed by atoms with Gasteiger partial charge >= 0.3 is 0 Å². The summed E-state index contributed by atoms with van der Waals surface area (Å²) >= 11 is 18.3. The van der Waals surface area contributed by atoms with Crippen molar-refractivity contribution in [2.24, 2.45) is 0 Å². The van der Waals surface area contributed by atoms with Crippen molar-refractivity contribution in [1.82, 2.24) is 24.8 Å². The van der Waals surface area contributed by atoms with E-state index >= 15 is 0 Å². The number of nitrogens with zero attached hydrogens (tertiary/aromatic N) is 5. The van der Waals surface area contributed by atoms with Gasteiger partial charge in [-0.3, -0.25) is 9.48 Å². The zero-order valence-corrected chi connectivity index (χ0v) is 16.6. The van der Waals surface area contributed by atoms with Gasteiger partial charge in [0.15, 0.2) is 5.82 Å². The molecule has 7 nitrogen and oxygen atoms in total. The molecule has 0 saturated heterocycles. The summed E-state index contributed by atoms with van der Waals surface area (Å²) < 4.78 is 3.11. The highest BCUT2D eigenvalue weighted by molar-refractivity contribution is 6.35. The van der Waals surface area contributed by atoms with E-state index in [1.54, 1.807) is 23.0 Å². The summed E-state index contributed by atoms with van der Waals surface area (Å²) in [4.78, 5) is 12.4. The van der Waals surface area contributed by atoms with Crippen LogP contribution < -0.4 is 5.32 Å². The first-order valence-corrected chi connectivity index (χ1v) is 9.38. The maximum absolute atomic E-state index is 12.4. The quantitative estimate of drug-likeness (QED) is 0.508. The van der Waals surface area contributed by atoms with Gasteiger partial charge in [0.2, 0.25) is 5.91 Å². The Morgan fingerprint density at radius 3 is 2.71 bits per heavy atom. The average Bonchev–Trinajstić information content (AvgIpc) is 3.21. The molecule has 0 bridgehead atoms. The second kappa shape index (κ2) is 7.79. The van der Waals surface area contributed by atoms with Gasteiger partial charge in [-0.2, -0.15) is 5.10 Å². The van der Waals surface area contributed by atoms with Crippen molar-refractivity contribution in [3.63, 3.8) is 0 Å². The average molecular weight is 436 g/mol. The number of carbonyl (C=O) groups excluding carboxylic acids is 1. The first-order valence-electron chi connectivity index (χ1n) is 8.24. The minimum atomic E-state index is -0.313. The second-order valence-electron chi connectivity index (χ2n) is 6.04. The van der Waals surface area contributed by atoms with Gasteiger partial charge in [-0.05, 0) is 29.8 Å². The second-order valence-corrected chi connectivity index (χ2v) is 7.29. The molecule has 0 aliphatic heterocycles. The Morgan fingerprint density at radius 2 is 1.89 bits per heavy atom. The number of hydrogen-bond acceptors (Lipinski definition) is 4. The third-order valence-electron chi connectivity index (χ3n) is 4.04. The van der Waals surface area contributed by atoms with Crippen molar-refractivity contribution in [3.8, 4) is 0 Å². The molecule has 2 aromatic carbocycles. The van der Waals surface area contributed by atoms with Gasteiger partial charge in [-0.1, -0.05) is 58.2 Å². The molecule has 0 aliphatic rings. The molecule has 0 radical (unpaired) electrons. The standard InChI is InChI=1S/C18H13Cl3N6O/c19-12-6-5-11(13(20)7-12)8-26-9-14(21)18(24-26)22-17(28)10-27-16-4-2-1-3-15(16)23-25-27/h1-7,9H,8,10H2,(H,22,24,28). The van der Waals surface area contributed by atoms with Crippen LogP contribution in [0.3, 0.4) is 0 Å². The maximum Gasteiger partial charge on any atom is 0.247 e. The minimum Gasteiger partial charge on any atom is -0.306 e. The van der Waals surface area contributed by atoms with Gasteiger partial charge in [0, 0.05) is 16.2 Å². The summed E-state index contributed by atoms with van der Waals surface area (Å²) in [5, 5.41) is 16.4. The Hall–Kier alpha value is -2.61. The lowest BCUT2D eigenvalue weighted by atomic mass is 10.2. The molecule has 0 fully saturated rings. The number of rotatable bonds is 5. The van der Waals surface area contributed by atoms with Crippen molar-refractivity contribution < 1.29 is 4.79 Å². The van der Waals surface area contributed by atoms with E-state index in [4.69, 9.17) is 34.8 Å². The fourth-order valence-corrected chi connectivity index (χ4v) is 3.39. The van der Waals surface area contributed by atoms with E-state index in [1.807, 2.05) is 30.3 Å². The number of benzene rings is 2. The van der Waals surface area contributed by atoms with E-state index in [0.29, 0.717) is 21.6 Å². The summed E-state index contributed by atoms with van der Waals surface area (Å²) in [5.41, 5.74) is 2.32. The monoisotopic (exact) mass is 434 g/mol. The molecule has 0 spiro atoms. The predicted octanol–water partition coefficient (Wildman–Crippen LogP) is 4.28. The molecule has 28 heavy (non-hydrogen) atoms. The topological polar surface area (TPSA) is 77.6 Å². The van der Waals surface area contributed by atoms with Crippen LogP contribution in [-0.2, 0) is 17.9 Å². The summed E-state index contributed by atoms with van der Waals surface area (Å²) in [7, 11) is 0. The van der Waals surface area contributed by atoms with Crippen LogP contribution in [0.25, 0.3) is 11.0 Å². The Kier molecular flexibility index (Phi) is 5.21. The van der Waals surface area contributed by atoms with Crippen molar-refractivity contribution in [1.29, 1.82) is 0 Å². The molecule has 1 amide bonds. The van der Waals surface area contributed by atoms with E-state index in [1.165, 1.54) is 4.68 Å². The van der Waals surface area contributed by atoms with Gasteiger partial charge < -0.3 is 5.32 Å². The molecule has 0 saturated carbocycles. The fourth-order valence-electron chi connectivity index (χ4n) is 2.73. The number of hydrogen-bond donors (Lipinski definition) is 1. The van der Waals surface area contributed by atoms with Crippen LogP contribution in [0.15, 0.2) is 48.7 Å². The van der Waals surface area contributed by atoms with Crippen LogP contribution in [0.1, 0.15) is 5.56 Å². The van der Waals surface area contributed by atoms with E-state index < -0.39 is 0 Å². The fraction of sp³-hybridized carbons (Fsp3) is 0.111. The maximum atomic E-state index is 12.4. The Balaban J connectivity index is 1.47. The number of amides is 1. The zero-order chi connectivity index (χ0) is 19.7. The zero-order valence-electron chi connectivity index (χ0n) is 14.3. The first-order chi connectivity index (χ1) is 13.5. The van der Waals surface area contributed by atoms with Crippen molar-refractivity contribution in [3.05, 3.63) is 69.3 Å². The van der Waals surface area contributed by atoms with Crippen LogP contribution in [0.2, 0.25) is 15.1 Å². The Labute approximate surface area is 174 Å². The molecule has 1 N–H and O–H groups in total. The molecule has 0 unspecified atom stereocenters. The molecule has 142 valence electrons. The van der Waals surface area contributed by atoms with E-state index in [9.17, 15) is 4.79 Å². The SMILES string of the molecule is O=C(Cn1nnc2ccccc21)Nc1nn(Cc2ccc(Cl)cc2Cl)cc1Cl. The number of carbonyl (C=O) groups is 1. The highest BCUT2D eigenvalue weighted by Crippen LogP contribution is 2.24. The highest BCUT2D eigenvalue weighted by atomic mass is 35.5. The van der Waals surface area contributed by atoms with Crippen LogP contribution in [-0.4, -0.2) is 30.7 Å². The van der Waals surface area contributed by atoms with Gasteiger partial charge in [0.05, 0.1) is 12.1 Å². The number of fused-ring (bicyclic) bond motifs is 1. The van der Waals surface area contributed by atoms with Crippen molar-refractivity contribution in [2.45, 2.75) is 13.1 Å². The predicted molar refractivity (Wildman–Crippen MR) is 109 cm³/mol. The molecule has 10 heteroatoms. The first kappa shape index (κ1) is 18.7. The van der Waals surface area contributed by atoms with Gasteiger partial charge in [0.25, 0.3) is 0 Å². The summed E-state index contributed by atoms with van der Waals surface area (Å²) in [6.45, 7) is 0.381. The number of para-hydroxylation sites is 1. The molecular formula is C18H13Cl3N6O. The number of anilines is 1. The van der Waals surface area contributed by atoms with Gasteiger partial charge in [-0.15, -0.1) is 5.10 Å².